The number of hydrogen-bond donors (Lipinski definition) is 4. The van der Waals surface area contributed by atoms with E-state index in [1.807, 2.05) is 6.20 Å². The third-order valence-corrected chi connectivity index (χ3v) is 4.44. The maximum Gasteiger partial charge on any atom is 0.490 e. The van der Waals surface area contributed by atoms with E-state index in [1.165, 1.54) is 0 Å². The van der Waals surface area contributed by atoms with E-state index in [1.54, 1.807) is 23.1 Å². The number of alkyl halides is 3. The molecule has 1 aliphatic rings. The minimum absolute atomic E-state index is 0. The summed E-state index contributed by atoms with van der Waals surface area (Å²) in [6.45, 7) is 0.597. The van der Waals surface area contributed by atoms with Gasteiger partial charge in [-0.3, -0.25) is 4.79 Å². The highest BCUT2D eigenvalue weighted by Gasteiger charge is 2.38. The Kier molecular flexibility index (Phi) is 10.8. The number of nitrogens with one attached hydrogen (secondary N) is 1. The lowest BCUT2D eigenvalue weighted by Gasteiger charge is -2.23. The van der Waals surface area contributed by atoms with Gasteiger partial charge in [0, 0.05) is 23.6 Å². The third-order valence-electron chi connectivity index (χ3n) is 4.44. The fraction of sp³-hybridized carbons (Fsp3) is 0.389. The van der Waals surface area contributed by atoms with Gasteiger partial charge in [0.05, 0.1) is 12.1 Å². The van der Waals surface area contributed by atoms with E-state index in [4.69, 9.17) is 20.9 Å². The number of amides is 1. The maximum atomic E-state index is 12.4. The number of H-pyrrole nitrogens is 1. The van der Waals surface area contributed by atoms with Crippen LogP contribution in [0.4, 0.5) is 13.2 Å². The Hall–Kier alpha value is -2.56. The van der Waals surface area contributed by atoms with Gasteiger partial charge in [-0.15, -0.1) is 0 Å². The highest BCUT2D eigenvalue weighted by molar-refractivity contribution is 7.59. The van der Waals surface area contributed by atoms with Gasteiger partial charge in [-0.1, -0.05) is 0 Å². The number of fused-ring (bicyclic) bond motifs is 1. The van der Waals surface area contributed by atoms with Crippen LogP contribution in [-0.4, -0.2) is 56.8 Å². The Morgan fingerprint density at radius 1 is 1.35 bits per heavy atom. The van der Waals surface area contributed by atoms with Gasteiger partial charge in [-0.25, -0.2) is 4.79 Å². The predicted molar refractivity (Wildman–Crippen MR) is 116 cm³/mol. The molecule has 172 valence electrons. The molecule has 2 heterocycles. The number of aromatic hydroxyl groups is 1. The number of carboxylic acids is 1. The summed E-state index contributed by atoms with van der Waals surface area (Å²) in [5.74, 6) is -2.76. The monoisotopic (exact) mass is 480 g/mol. The van der Waals surface area contributed by atoms with Crippen LogP contribution in [0.5, 0.6) is 5.75 Å². The van der Waals surface area contributed by atoms with Gasteiger partial charge in [0.25, 0.3) is 0 Å². The van der Waals surface area contributed by atoms with Crippen LogP contribution in [0.25, 0.3) is 10.9 Å². The van der Waals surface area contributed by atoms with Gasteiger partial charge >= 0.3 is 12.1 Å². The molecule has 2 aromatic rings. The number of nitrogens with two attached hydrogens (primary N) is 1. The molecule has 1 fully saturated rings. The van der Waals surface area contributed by atoms with Gasteiger partial charge in [-0.05, 0) is 43.0 Å². The summed E-state index contributed by atoms with van der Waals surface area (Å²) in [5.41, 5.74) is 7.84. The highest BCUT2D eigenvalue weighted by Crippen LogP contribution is 2.24. The fourth-order valence-electron chi connectivity index (χ4n) is 3.04. The van der Waals surface area contributed by atoms with E-state index in [2.05, 4.69) is 11.1 Å². The minimum atomic E-state index is -5.08. The second-order valence-corrected chi connectivity index (χ2v) is 6.48. The Morgan fingerprint density at radius 3 is 2.52 bits per heavy atom. The average molecular weight is 481 g/mol. The van der Waals surface area contributed by atoms with E-state index in [0.29, 0.717) is 13.0 Å². The summed E-state index contributed by atoms with van der Waals surface area (Å²) in [7, 11) is 0. The van der Waals surface area contributed by atoms with E-state index >= 15 is 0 Å². The van der Waals surface area contributed by atoms with Gasteiger partial charge in [-0.2, -0.15) is 45.4 Å². The molecule has 0 unspecified atom stereocenters. The topological polar surface area (TPSA) is 143 Å². The smallest absolute Gasteiger partial charge is 0.490 e. The zero-order chi connectivity index (χ0) is 21.8. The third kappa shape index (κ3) is 7.27. The number of phenolic OH excluding ortho intramolecular Hbond substituents is 1. The number of rotatable bonds is 3. The molecular weight excluding hydrogens is 457 g/mol. The number of aromatic amines is 1. The highest BCUT2D eigenvalue weighted by atomic mass is 32.1. The molecule has 0 bridgehead atoms. The standard InChI is InChI=1S/C16H18N4O2.C2HF3O2.2H2S/c17-8-11-2-1-5-20(11)16(22)14(18)6-10-9-19-15-4-3-12(21)7-13(10)15;3-2(4,5)1(6)7;;/h3-4,7,9,11,14,19,21H,1-2,5-6,18H2;(H,6,7);2*1H2/t11-,14-;;;/m0.../s1. The van der Waals surface area contributed by atoms with Crippen LogP contribution < -0.4 is 5.73 Å². The van der Waals surface area contributed by atoms with Crippen LogP contribution in [-0.2, 0) is 16.0 Å². The number of carbonyl (C=O) groups is 2. The number of aromatic nitrogens is 1. The number of phenols is 1. The van der Waals surface area contributed by atoms with Gasteiger partial charge in [0.15, 0.2) is 0 Å². The number of benzene rings is 1. The minimum Gasteiger partial charge on any atom is -0.508 e. The molecule has 1 aliphatic heterocycles. The molecule has 0 spiro atoms. The van der Waals surface area contributed by atoms with Gasteiger partial charge < -0.3 is 25.8 Å². The van der Waals surface area contributed by atoms with Crippen molar-refractivity contribution in [3.8, 4) is 11.8 Å². The lowest BCUT2D eigenvalue weighted by Crippen LogP contribution is -2.46. The number of aliphatic carboxylic acids is 1. The Balaban J connectivity index is 0.000000875. The zero-order valence-electron chi connectivity index (χ0n) is 16.1. The normalized spacial score (nSPS) is 16.2. The van der Waals surface area contributed by atoms with Crippen LogP contribution in [0, 0.1) is 11.3 Å². The first kappa shape index (κ1) is 28.4. The number of nitriles is 1. The molecule has 5 N–H and O–H groups in total. The molecule has 0 saturated carbocycles. The molecular formula is C18H23F3N4O4S2. The largest absolute Gasteiger partial charge is 0.508 e. The second kappa shape index (κ2) is 11.7. The molecule has 1 amide bonds. The number of carboxylic acid groups (broad SMARTS) is 1. The molecule has 1 saturated heterocycles. The summed E-state index contributed by atoms with van der Waals surface area (Å²) in [6, 6.07) is 6.17. The van der Waals surface area contributed by atoms with Crippen molar-refractivity contribution in [3.63, 3.8) is 0 Å². The summed E-state index contributed by atoms with van der Waals surface area (Å²) in [4.78, 5) is 26.0. The molecule has 31 heavy (non-hydrogen) atoms. The summed E-state index contributed by atoms with van der Waals surface area (Å²) < 4.78 is 31.7. The second-order valence-electron chi connectivity index (χ2n) is 6.48. The SMILES string of the molecule is N#C[C@@H]1CCCN1C(=O)[C@@H](N)Cc1c[nH]c2ccc(O)cc12.O=C(O)C(F)(F)F.S.S. The van der Waals surface area contributed by atoms with Crippen molar-refractivity contribution in [2.24, 2.45) is 5.73 Å². The maximum absolute atomic E-state index is 12.4. The quantitative estimate of drug-likeness (QED) is 0.530. The number of likely N-dealkylation sites (tertiary alicyclic amines) is 1. The van der Waals surface area contributed by atoms with E-state index in [9.17, 15) is 23.1 Å². The Morgan fingerprint density at radius 2 is 1.97 bits per heavy atom. The molecule has 13 heteroatoms. The molecule has 3 rings (SSSR count). The summed E-state index contributed by atoms with van der Waals surface area (Å²) in [5, 5.41) is 26.7. The van der Waals surface area contributed by atoms with E-state index in [0.717, 1.165) is 29.3 Å². The van der Waals surface area contributed by atoms with Crippen molar-refractivity contribution in [2.75, 3.05) is 6.54 Å². The van der Waals surface area contributed by atoms with Gasteiger partial charge in [0.1, 0.15) is 11.8 Å². The summed E-state index contributed by atoms with van der Waals surface area (Å²) >= 11 is 0. The Labute approximate surface area is 189 Å². The lowest BCUT2D eigenvalue weighted by molar-refractivity contribution is -0.192. The number of halogens is 3. The first-order valence-electron chi connectivity index (χ1n) is 8.59. The predicted octanol–water partition coefficient (Wildman–Crippen LogP) is 2.12. The van der Waals surface area contributed by atoms with Crippen molar-refractivity contribution in [1.82, 2.24) is 9.88 Å². The van der Waals surface area contributed by atoms with E-state index in [-0.39, 0.29) is 44.7 Å². The van der Waals surface area contributed by atoms with Crippen LogP contribution in [0.3, 0.4) is 0 Å². The van der Waals surface area contributed by atoms with Crippen LogP contribution in [0.1, 0.15) is 18.4 Å². The van der Waals surface area contributed by atoms with Crippen LogP contribution >= 0.6 is 27.0 Å². The number of nitrogens with zero attached hydrogens (tertiary/aromatic N) is 2. The number of hydrogen-bond acceptors (Lipinski definition) is 5. The van der Waals surface area contributed by atoms with E-state index < -0.39 is 18.2 Å². The first-order chi connectivity index (χ1) is 13.5. The molecule has 0 aliphatic carbocycles. The van der Waals surface area contributed by atoms with Crippen LogP contribution in [0.15, 0.2) is 24.4 Å². The lowest BCUT2D eigenvalue weighted by atomic mass is 10.0. The van der Waals surface area contributed by atoms with Crippen molar-refractivity contribution >= 4 is 49.8 Å². The molecule has 8 nitrogen and oxygen atoms in total. The molecule has 1 aromatic heterocycles. The number of carbonyl (C=O) groups excluding carboxylic acids is 1. The molecule has 1 aromatic carbocycles. The van der Waals surface area contributed by atoms with Crippen molar-refractivity contribution in [3.05, 3.63) is 30.0 Å². The van der Waals surface area contributed by atoms with Crippen molar-refractivity contribution < 1.29 is 33.0 Å². The first-order valence-corrected chi connectivity index (χ1v) is 8.59. The zero-order valence-corrected chi connectivity index (χ0v) is 18.1. The molecule has 0 radical (unpaired) electrons. The average Bonchev–Trinajstić information content (AvgIpc) is 3.27. The van der Waals surface area contributed by atoms with Crippen molar-refractivity contribution in [1.29, 1.82) is 5.26 Å². The fourth-order valence-corrected chi connectivity index (χ4v) is 3.04. The van der Waals surface area contributed by atoms with Crippen molar-refractivity contribution in [2.45, 2.75) is 37.5 Å². The van der Waals surface area contributed by atoms with Crippen LogP contribution in [0.2, 0.25) is 0 Å². The summed E-state index contributed by atoms with van der Waals surface area (Å²) in [6.07, 6.45) is -1.34. The van der Waals surface area contributed by atoms with Gasteiger partial charge in [0.2, 0.25) is 5.91 Å². The Bertz CT molecular complexity index is 946. The molecule has 2 atom stereocenters.